The van der Waals surface area contributed by atoms with Crippen LogP contribution in [-0.2, 0) is 16.0 Å². The molecule has 1 unspecified atom stereocenters. The minimum absolute atomic E-state index is 0.0247. The number of carbonyl (C=O) groups is 1. The first-order chi connectivity index (χ1) is 14.4. The molecule has 0 amide bonds. The predicted octanol–water partition coefficient (Wildman–Crippen LogP) is 3.11. The van der Waals surface area contributed by atoms with Gasteiger partial charge in [-0.15, -0.1) is 11.3 Å². The van der Waals surface area contributed by atoms with Gasteiger partial charge in [0.05, 0.1) is 23.5 Å². The third kappa shape index (κ3) is 4.38. The highest BCUT2D eigenvalue weighted by molar-refractivity contribution is 7.15. The van der Waals surface area contributed by atoms with E-state index in [-0.39, 0.29) is 29.0 Å². The van der Waals surface area contributed by atoms with E-state index >= 15 is 0 Å². The van der Waals surface area contributed by atoms with E-state index < -0.39 is 23.1 Å². The molecule has 1 aliphatic rings. The summed E-state index contributed by atoms with van der Waals surface area (Å²) in [6.45, 7) is 1.14. The quantitative estimate of drug-likeness (QED) is 0.621. The van der Waals surface area contributed by atoms with Gasteiger partial charge in [0.1, 0.15) is 21.2 Å². The monoisotopic (exact) mass is 451 g/mol. The van der Waals surface area contributed by atoms with Crippen LogP contribution in [0.25, 0.3) is 10.9 Å². The number of hydrogen-bond donors (Lipinski definition) is 1. The highest BCUT2D eigenvalue weighted by Crippen LogP contribution is 2.27. The summed E-state index contributed by atoms with van der Waals surface area (Å²) in [5.41, 5.74) is -1.15. The predicted molar refractivity (Wildman–Crippen MR) is 112 cm³/mol. The van der Waals surface area contributed by atoms with Crippen molar-refractivity contribution in [3.63, 3.8) is 0 Å². The van der Waals surface area contributed by atoms with Gasteiger partial charge in [-0.3, -0.25) is 9.59 Å². The summed E-state index contributed by atoms with van der Waals surface area (Å²) in [6, 6.07) is 2.59. The van der Waals surface area contributed by atoms with Crippen LogP contribution in [0, 0.1) is 11.7 Å². The number of fused-ring (bicyclic) bond motifs is 1. The van der Waals surface area contributed by atoms with Crippen molar-refractivity contribution in [1.29, 1.82) is 0 Å². The van der Waals surface area contributed by atoms with Crippen molar-refractivity contribution >= 4 is 39.6 Å². The molecule has 0 aliphatic carbocycles. The zero-order valence-corrected chi connectivity index (χ0v) is 17.5. The molecule has 1 atom stereocenters. The lowest BCUT2D eigenvalue weighted by Gasteiger charge is -2.26. The Morgan fingerprint density at radius 2 is 2.13 bits per heavy atom. The number of aromatic nitrogens is 3. The van der Waals surface area contributed by atoms with Crippen molar-refractivity contribution < 1.29 is 13.9 Å². The van der Waals surface area contributed by atoms with Crippen LogP contribution in [0.3, 0.4) is 0 Å². The molecular formula is C20H19ClFN3O4S. The first-order valence-corrected chi connectivity index (χ1v) is 10.8. The fourth-order valence-electron chi connectivity index (χ4n) is 3.80. The van der Waals surface area contributed by atoms with Gasteiger partial charge in [-0.05, 0) is 43.4 Å². The highest BCUT2D eigenvalue weighted by atomic mass is 35.5. The summed E-state index contributed by atoms with van der Waals surface area (Å²) in [4.78, 5) is 45.8. The fraction of sp³-hybridized carbons (Fsp3) is 0.400. The molecule has 10 heteroatoms. The number of nitrogens with one attached hydrogen (secondary N) is 1. The largest absolute Gasteiger partial charge is 0.381 e. The van der Waals surface area contributed by atoms with Gasteiger partial charge in [0, 0.05) is 13.2 Å². The molecule has 7 nitrogen and oxygen atoms in total. The molecule has 0 saturated carbocycles. The van der Waals surface area contributed by atoms with Crippen LogP contribution >= 0.6 is 22.9 Å². The fourth-order valence-corrected chi connectivity index (χ4v) is 4.76. The van der Waals surface area contributed by atoms with Crippen molar-refractivity contribution in [3.8, 4) is 0 Å². The molecule has 4 rings (SSSR count). The summed E-state index contributed by atoms with van der Waals surface area (Å²) in [6.07, 6.45) is 3.22. The number of hydrogen-bond acceptors (Lipinski definition) is 6. The minimum atomic E-state index is -0.986. The van der Waals surface area contributed by atoms with Crippen LogP contribution in [0.5, 0.6) is 0 Å². The zero-order chi connectivity index (χ0) is 21.3. The van der Waals surface area contributed by atoms with Gasteiger partial charge in [0.25, 0.3) is 5.56 Å². The van der Waals surface area contributed by atoms with Gasteiger partial charge in [-0.1, -0.05) is 11.6 Å². The van der Waals surface area contributed by atoms with Gasteiger partial charge in [-0.25, -0.2) is 18.7 Å². The summed E-state index contributed by atoms with van der Waals surface area (Å²) in [5, 5.41) is 0.537. The Balaban J connectivity index is 1.77. The second-order valence-electron chi connectivity index (χ2n) is 7.30. The average molecular weight is 452 g/mol. The van der Waals surface area contributed by atoms with Gasteiger partial charge in [-0.2, -0.15) is 0 Å². The Hall–Kier alpha value is -2.36. The number of halogens is 2. The number of carbonyl (C=O) groups excluding carboxylic acids is 1. The van der Waals surface area contributed by atoms with E-state index in [1.54, 1.807) is 0 Å². The lowest BCUT2D eigenvalue weighted by atomic mass is 9.90. The molecule has 3 aromatic rings. The number of nitrogens with zero attached hydrogens (tertiary/aromatic N) is 2. The van der Waals surface area contributed by atoms with Crippen molar-refractivity contribution in [2.45, 2.75) is 31.7 Å². The molecule has 1 fully saturated rings. The Morgan fingerprint density at radius 1 is 1.37 bits per heavy atom. The number of ketones is 1. The number of H-pyrrole nitrogens is 1. The van der Waals surface area contributed by atoms with Crippen molar-refractivity contribution in [1.82, 2.24) is 14.5 Å². The van der Waals surface area contributed by atoms with Crippen molar-refractivity contribution in [2.24, 2.45) is 5.92 Å². The molecule has 0 radical (unpaired) electrons. The molecule has 0 spiro atoms. The van der Waals surface area contributed by atoms with E-state index in [9.17, 15) is 18.8 Å². The molecule has 1 aliphatic heterocycles. The number of Topliss-reactive ketones (excluding diaryl/α,β-unsaturated/α-hetero) is 1. The van der Waals surface area contributed by atoms with Gasteiger partial charge in [0.2, 0.25) is 0 Å². The third-order valence-electron chi connectivity index (χ3n) is 5.32. The standard InChI is InChI=1S/C20H19ClFN3O4S/c21-17-10-23-18(30-17)9-16(26)15(7-11-3-5-29-6-4-11)25-19(27)13-8-12(22)1-2-14(13)24-20(25)28/h1-2,8,10-11,15H,3-7,9H2,(H,24,28). The minimum Gasteiger partial charge on any atom is -0.381 e. The molecule has 3 heterocycles. The first-order valence-electron chi connectivity index (χ1n) is 9.57. The molecule has 2 aromatic heterocycles. The summed E-state index contributed by atoms with van der Waals surface area (Å²) >= 11 is 7.09. The number of benzene rings is 1. The van der Waals surface area contributed by atoms with Crippen LogP contribution in [0.4, 0.5) is 4.39 Å². The Morgan fingerprint density at radius 3 is 2.83 bits per heavy atom. The summed E-state index contributed by atoms with van der Waals surface area (Å²) in [5.74, 6) is -0.777. The van der Waals surface area contributed by atoms with Crippen molar-refractivity contribution in [3.05, 3.63) is 60.4 Å². The molecule has 30 heavy (non-hydrogen) atoms. The van der Waals surface area contributed by atoms with Crippen LogP contribution in [0.15, 0.2) is 34.0 Å². The van der Waals surface area contributed by atoms with E-state index in [1.165, 1.54) is 29.7 Å². The van der Waals surface area contributed by atoms with Crippen LogP contribution in [0.2, 0.25) is 4.34 Å². The maximum atomic E-state index is 13.7. The molecule has 1 N–H and O–H groups in total. The maximum absolute atomic E-state index is 13.7. The number of aromatic amines is 1. The average Bonchev–Trinajstić information content (AvgIpc) is 3.13. The van der Waals surface area contributed by atoms with E-state index in [1.807, 2.05) is 0 Å². The normalized spacial score (nSPS) is 16.1. The van der Waals surface area contributed by atoms with Gasteiger partial charge in [0.15, 0.2) is 5.78 Å². The molecule has 158 valence electrons. The SMILES string of the molecule is O=C(Cc1ncc(Cl)s1)C(CC1CCOCC1)n1c(=O)[nH]c2ccc(F)cc2c1=O. The van der Waals surface area contributed by atoms with E-state index in [4.69, 9.17) is 16.3 Å². The molecule has 1 aromatic carbocycles. The summed E-state index contributed by atoms with van der Waals surface area (Å²) in [7, 11) is 0. The lowest BCUT2D eigenvalue weighted by Crippen LogP contribution is -2.42. The van der Waals surface area contributed by atoms with E-state index in [2.05, 4.69) is 9.97 Å². The third-order valence-corrected chi connectivity index (χ3v) is 6.44. The van der Waals surface area contributed by atoms with Gasteiger partial charge < -0.3 is 9.72 Å². The van der Waals surface area contributed by atoms with E-state index in [0.29, 0.717) is 29.0 Å². The number of ether oxygens (including phenoxy) is 1. The Labute approximate surface area is 179 Å². The zero-order valence-electron chi connectivity index (χ0n) is 15.9. The van der Waals surface area contributed by atoms with Crippen LogP contribution in [-0.4, -0.2) is 33.5 Å². The lowest BCUT2D eigenvalue weighted by molar-refractivity contribution is -0.122. The van der Waals surface area contributed by atoms with Crippen molar-refractivity contribution in [2.75, 3.05) is 13.2 Å². The highest BCUT2D eigenvalue weighted by Gasteiger charge is 2.29. The summed E-state index contributed by atoms with van der Waals surface area (Å²) < 4.78 is 20.5. The van der Waals surface area contributed by atoms with Gasteiger partial charge >= 0.3 is 5.69 Å². The van der Waals surface area contributed by atoms with Crippen LogP contribution < -0.4 is 11.2 Å². The second-order valence-corrected chi connectivity index (χ2v) is 9.05. The molecular weight excluding hydrogens is 433 g/mol. The maximum Gasteiger partial charge on any atom is 0.329 e. The molecule has 1 saturated heterocycles. The first kappa shape index (κ1) is 20.9. The van der Waals surface area contributed by atoms with E-state index in [0.717, 1.165) is 23.5 Å². The molecule has 0 bridgehead atoms. The Bertz CT molecular complexity index is 1200. The Kier molecular flexibility index (Phi) is 6.12. The second kappa shape index (κ2) is 8.79. The van der Waals surface area contributed by atoms with Crippen LogP contribution in [0.1, 0.15) is 30.3 Å². The number of thiazole rings is 1. The topological polar surface area (TPSA) is 94.0 Å². The number of rotatable bonds is 6. The smallest absolute Gasteiger partial charge is 0.329 e.